The van der Waals surface area contributed by atoms with Crippen molar-refractivity contribution in [3.63, 3.8) is 0 Å². The minimum Gasteiger partial charge on any atom is -0.340 e. The number of nitrogens with two attached hydrogens (primary N) is 1. The quantitative estimate of drug-likeness (QED) is 0.894. The molecule has 0 radical (unpaired) electrons. The molecule has 0 aliphatic rings. The number of nitrogens with one attached hydrogen (secondary N) is 1. The molecular formula is C14H17BrFN3. The Kier molecular flexibility index (Phi) is 4.06. The lowest BCUT2D eigenvalue weighted by atomic mass is 9.93. The van der Waals surface area contributed by atoms with Crippen LogP contribution in [0.15, 0.2) is 28.9 Å². The van der Waals surface area contributed by atoms with E-state index in [0.29, 0.717) is 4.47 Å². The molecule has 1 aromatic carbocycles. The molecule has 0 bridgehead atoms. The van der Waals surface area contributed by atoms with E-state index in [-0.39, 0.29) is 5.82 Å². The van der Waals surface area contributed by atoms with Gasteiger partial charge in [-0.3, -0.25) is 0 Å². The van der Waals surface area contributed by atoms with Crippen LogP contribution in [0.5, 0.6) is 0 Å². The zero-order valence-corrected chi connectivity index (χ0v) is 12.6. The molecule has 3 nitrogen and oxygen atoms in total. The van der Waals surface area contributed by atoms with E-state index in [0.717, 1.165) is 29.9 Å². The van der Waals surface area contributed by atoms with Crippen LogP contribution < -0.4 is 5.73 Å². The first-order valence-electron chi connectivity index (χ1n) is 6.30. The Hall–Kier alpha value is -1.20. The summed E-state index contributed by atoms with van der Waals surface area (Å²) in [6, 6.07) is 4.87. The largest absolute Gasteiger partial charge is 0.340 e. The maximum atomic E-state index is 13.2. The second-order valence-corrected chi connectivity index (χ2v) is 5.49. The molecule has 3 N–H and O–H groups in total. The van der Waals surface area contributed by atoms with Gasteiger partial charge in [0.1, 0.15) is 11.6 Å². The fraction of sp³-hybridized carbons (Fsp3) is 0.357. The summed E-state index contributed by atoms with van der Waals surface area (Å²) in [5.41, 5.74) is 7.58. The van der Waals surface area contributed by atoms with Gasteiger partial charge >= 0.3 is 0 Å². The molecule has 1 aromatic heterocycles. The third-order valence-corrected chi connectivity index (χ3v) is 4.15. The van der Waals surface area contributed by atoms with Gasteiger partial charge in [0.05, 0.1) is 21.9 Å². The number of rotatable bonds is 4. The van der Waals surface area contributed by atoms with Crippen molar-refractivity contribution in [1.29, 1.82) is 0 Å². The van der Waals surface area contributed by atoms with Crippen LogP contribution >= 0.6 is 15.9 Å². The lowest BCUT2D eigenvalue weighted by Gasteiger charge is -2.23. The fourth-order valence-electron chi connectivity index (χ4n) is 1.97. The molecule has 2 aromatic rings. The van der Waals surface area contributed by atoms with Crippen LogP contribution in [0.1, 0.15) is 32.5 Å². The van der Waals surface area contributed by atoms with Gasteiger partial charge in [0, 0.05) is 5.56 Å². The maximum absolute atomic E-state index is 13.2. The van der Waals surface area contributed by atoms with Gasteiger partial charge in [-0.15, -0.1) is 0 Å². The minimum absolute atomic E-state index is 0.279. The minimum atomic E-state index is -0.435. The van der Waals surface area contributed by atoms with Crippen LogP contribution in [0.4, 0.5) is 4.39 Å². The third kappa shape index (κ3) is 2.72. The summed E-state index contributed by atoms with van der Waals surface area (Å²) in [5.74, 6) is 0.492. The summed E-state index contributed by atoms with van der Waals surface area (Å²) in [6.45, 7) is 4.08. The van der Waals surface area contributed by atoms with E-state index in [4.69, 9.17) is 5.73 Å². The third-order valence-electron chi connectivity index (χ3n) is 3.54. The highest BCUT2D eigenvalue weighted by molar-refractivity contribution is 9.10. The Balaban J connectivity index is 2.38. The normalized spacial score (nSPS) is 11.8. The number of benzene rings is 1. The Bertz CT molecular complexity index is 576. The molecule has 5 heteroatoms. The second-order valence-electron chi connectivity index (χ2n) is 4.64. The average molecular weight is 326 g/mol. The second kappa shape index (κ2) is 5.43. The first-order chi connectivity index (χ1) is 9.00. The van der Waals surface area contributed by atoms with Gasteiger partial charge in [-0.05, 0) is 47.0 Å². The van der Waals surface area contributed by atoms with E-state index in [9.17, 15) is 4.39 Å². The van der Waals surface area contributed by atoms with Gasteiger partial charge in [0.15, 0.2) is 0 Å². The maximum Gasteiger partial charge on any atom is 0.137 e. The van der Waals surface area contributed by atoms with E-state index < -0.39 is 5.54 Å². The number of hydrogen-bond acceptors (Lipinski definition) is 2. The first-order valence-corrected chi connectivity index (χ1v) is 7.09. The molecule has 1 heterocycles. The number of hydrogen-bond donors (Lipinski definition) is 2. The van der Waals surface area contributed by atoms with Crippen LogP contribution in [0.3, 0.4) is 0 Å². The predicted molar refractivity (Wildman–Crippen MR) is 78.1 cm³/mol. The summed E-state index contributed by atoms with van der Waals surface area (Å²) in [4.78, 5) is 7.61. The van der Waals surface area contributed by atoms with Crippen molar-refractivity contribution in [2.75, 3.05) is 0 Å². The number of H-pyrrole nitrogens is 1. The monoisotopic (exact) mass is 325 g/mol. The van der Waals surface area contributed by atoms with Crippen LogP contribution in [0.25, 0.3) is 11.3 Å². The Morgan fingerprint density at radius 2 is 2.05 bits per heavy atom. The molecule has 0 aliphatic carbocycles. The smallest absolute Gasteiger partial charge is 0.137 e. The van der Waals surface area contributed by atoms with Gasteiger partial charge in [0.25, 0.3) is 0 Å². The summed E-state index contributed by atoms with van der Waals surface area (Å²) in [6.07, 6.45) is 3.36. The zero-order chi connectivity index (χ0) is 14.0. The van der Waals surface area contributed by atoms with Crippen LogP contribution in [0, 0.1) is 5.82 Å². The highest BCUT2D eigenvalue weighted by atomic mass is 79.9. The van der Waals surface area contributed by atoms with E-state index in [1.165, 1.54) is 6.07 Å². The fourth-order valence-corrected chi connectivity index (χ4v) is 2.35. The molecule has 102 valence electrons. The summed E-state index contributed by atoms with van der Waals surface area (Å²) in [5, 5.41) is 0. The highest BCUT2D eigenvalue weighted by Gasteiger charge is 2.26. The van der Waals surface area contributed by atoms with E-state index in [2.05, 4.69) is 25.9 Å². The lowest BCUT2D eigenvalue weighted by Crippen LogP contribution is -2.36. The molecular weight excluding hydrogens is 309 g/mol. The number of halogens is 2. The van der Waals surface area contributed by atoms with E-state index in [1.807, 2.05) is 13.8 Å². The van der Waals surface area contributed by atoms with Gasteiger partial charge in [0.2, 0.25) is 0 Å². The molecule has 0 saturated carbocycles. The van der Waals surface area contributed by atoms with E-state index in [1.54, 1.807) is 18.3 Å². The number of aromatic nitrogens is 2. The summed E-state index contributed by atoms with van der Waals surface area (Å²) < 4.78 is 13.7. The molecule has 2 rings (SSSR count). The SMILES string of the molecule is CCC(N)(CC)c1ncc(-c2ccc(F)c(Br)c2)[nH]1. The topological polar surface area (TPSA) is 54.7 Å². The van der Waals surface area contributed by atoms with E-state index >= 15 is 0 Å². The van der Waals surface area contributed by atoms with Crippen molar-refractivity contribution in [3.8, 4) is 11.3 Å². The van der Waals surface area contributed by atoms with Crippen LogP contribution in [0.2, 0.25) is 0 Å². The number of aromatic amines is 1. The Morgan fingerprint density at radius 3 is 2.63 bits per heavy atom. The van der Waals surface area contributed by atoms with Gasteiger partial charge in [-0.25, -0.2) is 9.37 Å². The number of nitrogens with zero attached hydrogens (tertiary/aromatic N) is 1. The first kappa shape index (κ1) is 14.2. The van der Waals surface area contributed by atoms with Crippen molar-refractivity contribution in [2.24, 2.45) is 5.73 Å². The number of imidazole rings is 1. The molecule has 0 saturated heterocycles. The van der Waals surface area contributed by atoms with Gasteiger partial charge in [-0.2, -0.15) is 0 Å². The average Bonchev–Trinajstić information content (AvgIpc) is 2.91. The predicted octanol–water partition coefficient (Wildman–Crippen LogP) is 3.95. The van der Waals surface area contributed by atoms with Gasteiger partial charge < -0.3 is 10.7 Å². The molecule has 0 atom stereocenters. The molecule has 19 heavy (non-hydrogen) atoms. The van der Waals surface area contributed by atoms with Crippen molar-refractivity contribution in [3.05, 3.63) is 40.5 Å². The molecule has 0 spiro atoms. The molecule has 0 fully saturated rings. The van der Waals surface area contributed by atoms with Crippen molar-refractivity contribution >= 4 is 15.9 Å². The standard InChI is InChI=1S/C14H17BrFN3/c1-3-14(17,4-2)13-18-8-12(19-13)9-5-6-11(16)10(15)7-9/h5-8H,3-4,17H2,1-2H3,(H,18,19). The van der Waals surface area contributed by atoms with Crippen LogP contribution in [-0.2, 0) is 5.54 Å². The van der Waals surface area contributed by atoms with Crippen molar-refractivity contribution in [1.82, 2.24) is 9.97 Å². The van der Waals surface area contributed by atoms with Gasteiger partial charge in [-0.1, -0.05) is 13.8 Å². The Morgan fingerprint density at radius 1 is 1.37 bits per heavy atom. The molecule has 0 unspecified atom stereocenters. The van der Waals surface area contributed by atoms with Crippen molar-refractivity contribution < 1.29 is 4.39 Å². The Labute approximate surface area is 120 Å². The van der Waals surface area contributed by atoms with Crippen LogP contribution in [-0.4, -0.2) is 9.97 Å². The summed E-state index contributed by atoms with van der Waals surface area (Å²) >= 11 is 3.18. The zero-order valence-electron chi connectivity index (χ0n) is 11.0. The lowest BCUT2D eigenvalue weighted by molar-refractivity contribution is 0.391. The summed E-state index contributed by atoms with van der Waals surface area (Å²) in [7, 11) is 0. The molecule has 0 amide bonds. The van der Waals surface area contributed by atoms with Crippen molar-refractivity contribution in [2.45, 2.75) is 32.2 Å². The highest BCUT2D eigenvalue weighted by Crippen LogP contribution is 2.28. The molecule has 0 aliphatic heterocycles.